The maximum absolute atomic E-state index is 11.6. The zero-order valence-corrected chi connectivity index (χ0v) is 10.5. The predicted molar refractivity (Wildman–Crippen MR) is 71.1 cm³/mol. The highest BCUT2D eigenvalue weighted by atomic mass is 16.2. The fourth-order valence-corrected chi connectivity index (χ4v) is 1.56. The first-order chi connectivity index (χ1) is 8.63. The quantitative estimate of drug-likeness (QED) is 0.620. The van der Waals surface area contributed by atoms with Crippen molar-refractivity contribution in [3.05, 3.63) is 29.8 Å². The van der Waals surface area contributed by atoms with E-state index in [1.807, 2.05) is 13.0 Å². The summed E-state index contributed by atoms with van der Waals surface area (Å²) < 4.78 is 0. The van der Waals surface area contributed by atoms with E-state index in [1.165, 1.54) is 0 Å². The number of nitrogens with two attached hydrogens (primary N) is 1. The monoisotopic (exact) mass is 249 g/mol. The van der Waals surface area contributed by atoms with E-state index >= 15 is 0 Å². The normalized spacial score (nSPS) is 10.1. The molecule has 0 bridgehead atoms. The molecule has 18 heavy (non-hydrogen) atoms. The molecule has 0 heterocycles. The van der Waals surface area contributed by atoms with E-state index in [2.05, 4.69) is 10.6 Å². The molecule has 0 saturated heterocycles. The lowest BCUT2D eigenvalue weighted by Crippen LogP contribution is -2.29. The maximum atomic E-state index is 11.6. The molecule has 0 aromatic heterocycles. The molecule has 1 aromatic rings. The SMILES string of the molecule is CCCNCC(=O)Nc1ccccc1CC(N)=O. The predicted octanol–water partition coefficient (Wildman–Crippen LogP) is 0.652. The van der Waals surface area contributed by atoms with Gasteiger partial charge in [0.25, 0.3) is 0 Å². The molecule has 0 radical (unpaired) electrons. The van der Waals surface area contributed by atoms with Gasteiger partial charge in [-0.3, -0.25) is 9.59 Å². The number of hydrogen-bond acceptors (Lipinski definition) is 3. The zero-order valence-electron chi connectivity index (χ0n) is 10.5. The molecule has 0 aliphatic carbocycles. The molecule has 0 aliphatic heterocycles. The lowest BCUT2D eigenvalue weighted by Gasteiger charge is -2.10. The Morgan fingerprint density at radius 2 is 2.00 bits per heavy atom. The van der Waals surface area contributed by atoms with Gasteiger partial charge in [0.05, 0.1) is 13.0 Å². The third-order valence-corrected chi connectivity index (χ3v) is 2.37. The average Bonchev–Trinajstić information content (AvgIpc) is 2.31. The Bertz CT molecular complexity index is 418. The van der Waals surface area contributed by atoms with Crippen LogP contribution in [0.25, 0.3) is 0 Å². The van der Waals surface area contributed by atoms with Crippen molar-refractivity contribution in [3.63, 3.8) is 0 Å². The van der Waals surface area contributed by atoms with Gasteiger partial charge in [-0.2, -0.15) is 0 Å². The standard InChI is InChI=1S/C13H19N3O2/c1-2-7-15-9-13(18)16-11-6-4-3-5-10(11)8-12(14)17/h3-6,15H,2,7-9H2,1H3,(H2,14,17)(H,16,18). The number of rotatable bonds is 7. The fraction of sp³-hybridized carbons (Fsp3) is 0.385. The van der Waals surface area contributed by atoms with Crippen molar-refractivity contribution in [3.8, 4) is 0 Å². The second-order valence-electron chi connectivity index (χ2n) is 4.03. The van der Waals surface area contributed by atoms with Crippen molar-refractivity contribution in [2.45, 2.75) is 19.8 Å². The fourth-order valence-electron chi connectivity index (χ4n) is 1.56. The first-order valence-corrected chi connectivity index (χ1v) is 6.00. The Balaban J connectivity index is 2.60. The number of primary amides is 1. The Hall–Kier alpha value is -1.88. The third kappa shape index (κ3) is 4.97. The van der Waals surface area contributed by atoms with E-state index in [1.54, 1.807) is 18.2 Å². The summed E-state index contributed by atoms with van der Waals surface area (Å²) in [5, 5.41) is 5.78. The summed E-state index contributed by atoms with van der Waals surface area (Å²) in [4.78, 5) is 22.6. The van der Waals surface area contributed by atoms with E-state index in [0.29, 0.717) is 5.69 Å². The van der Waals surface area contributed by atoms with Crippen molar-refractivity contribution >= 4 is 17.5 Å². The molecule has 5 nitrogen and oxygen atoms in total. The van der Waals surface area contributed by atoms with Crippen LogP contribution in [0.2, 0.25) is 0 Å². The van der Waals surface area contributed by atoms with Crippen LogP contribution in [0.15, 0.2) is 24.3 Å². The van der Waals surface area contributed by atoms with Crippen LogP contribution in [-0.4, -0.2) is 24.9 Å². The molecule has 1 rings (SSSR count). The zero-order chi connectivity index (χ0) is 13.4. The molecule has 1 aromatic carbocycles. The van der Waals surface area contributed by atoms with E-state index in [-0.39, 0.29) is 18.9 Å². The number of hydrogen-bond donors (Lipinski definition) is 3. The molecular formula is C13H19N3O2. The molecule has 0 unspecified atom stereocenters. The van der Waals surface area contributed by atoms with Crippen molar-refractivity contribution in [2.75, 3.05) is 18.4 Å². The summed E-state index contributed by atoms with van der Waals surface area (Å²) in [5.41, 5.74) is 6.53. The van der Waals surface area contributed by atoms with Gasteiger partial charge in [0.1, 0.15) is 0 Å². The second kappa shape index (κ2) is 7.45. The molecule has 5 heteroatoms. The van der Waals surface area contributed by atoms with Crippen LogP contribution in [-0.2, 0) is 16.0 Å². The number of nitrogens with one attached hydrogen (secondary N) is 2. The summed E-state index contributed by atoms with van der Waals surface area (Å²) in [6.07, 6.45) is 1.10. The van der Waals surface area contributed by atoms with Crippen LogP contribution >= 0.6 is 0 Å². The number of para-hydroxylation sites is 1. The Morgan fingerprint density at radius 3 is 2.67 bits per heavy atom. The lowest BCUT2D eigenvalue weighted by atomic mass is 10.1. The smallest absolute Gasteiger partial charge is 0.238 e. The number of carbonyl (C=O) groups excluding carboxylic acids is 2. The maximum Gasteiger partial charge on any atom is 0.238 e. The molecule has 0 saturated carbocycles. The second-order valence-corrected chi connectivity index (χ2v) is 4.03. The van der Waals surface area contributed by atoms with Crippen LogP contribution in [0, 0.1) is 0 Å². The summed E-state index contributed by atoms with van der Waals surface area (Å²) >= 11 is 0. The Morgan fingerprint density at radius 1 is 1.28 bits per heavy atom. The van der Waals surface area contributed by atoms with E-state index in [9.17, 15) is 9.59 Å². The summed E-state index contributed by atoms with van der Waals surface area (Å²) in [6.45, 7) is 3.10. The van der Waals surface area contributed by atoms with Crippen LogP contribution in [0.5, 0.6) is 0 Å². The topological polar surface area (TPSA) is 84.2 Å². The van der Waals surface area contributed by atoms with Gasteiger partial charge in [-0.25, -0.2) is 0 Å². The van der Waals surface area contributed by atoms with Crippen molar-refractivity contribution < 1.29 is 9.59 Å². The first-order valence-electron chi connectivity index (χ1n) is 6.00. The van der Waals surface area contributed by atoms with E-state index in [0.717, 1.165) is 18.5 Å². The largest absolute Gasteiger partial charge is 0.369 e. The number of amides is 2. The highest BCUT2D eigenvalue weighted by Gasteiger charge is 2.07. The first kappa shape index (κ1) is 14.2. The van der Waals surface area contributed by atoms with Crippen LogP contribution in [0.1, 0.15) is 18.9 Å². The van der Waals surface area contributed by atoms with Gasteiger partial charge >= 0.3 is 0 Å². The van der Waals surface area contributed by atoms with Gasteiger partial charge in [0, 0.05) is 5.69 Å². The summed E-state index contributed by atoms with van der Waals surface area (Å²) in [5.74, 6) is -0.541. The van der Waals surface area contributed by atoms with Gasteiger partial charge in [0.2, 0.25) is 11.8 Å². The minimum Gasteiger partial charge on any atom is -0.369 e. The third-order valence-electron chi connectivity index (χ3n) is 2.37. The molecule has 0 aliphatic rings. The lowest BCUT2D eigenvalue weighted by molar-refractivity contribution is -0.117. The Labute approximate surface area is 107 Å². The molecular weight excluding hydrogens is 230 g/mol. The molecule has 0 fully saturated rings. The van der Waals surface area contributed by atoms with Gasteiger partial charge in [-0.05, 0) is 24.6 Å². The molecule has 2 amide bonds. The van der Waals surface area contributed by atoms with Gasteiger partial charge in [-0.1, -0.05) is 25.1 Å². The highest BCUT2D eigenvalue weighted by Crippen LogP contribution is 2.15. The summed E-state index contributed by atoms with van der Waals surface area (Å²) in [7, 11) is 0. The van der Waals surface area contributed by atoms with Crippen molar-refractivity contribution in [2.24, 2.45) is 5.73 Å². The van der Waals surface area contributed by atoms with Gasteiger partial charge in [-0.15, -0.1) is 0 Å². The summed E-state index contributed by atoms with van der Waals surface area (Å²) in [6, 6.07) is 7.15. The van der Waals surface area contributed by atoms with E-state index < -0.39 is 5.91 Å². The number of benzene rings is 1. The highest BCUT2D eigenvalue weighted by molar-refractivity contribution is 5.93. The minimum atomic E-state index is -0.416. The number of anilines is 1. The molecule has 0 atom stereocenters. The number of carbonyl (C=O) groups is 2. The molecule has 98 valence electrons. The average molecular weight is 249 g/mol. The van der Waals surface area contributed by atoms with Crippen LogP contribution < -0.4 is 16.4 Å². The van der Waals surface area contributed by atoms with Crippen LogP contribution in [0.4, 0.5) is 5.69 Å². The van der Waals surface area contributed by atoms with Gasteiger partial charge in [0.15, 0.2) is 0 Å². The van der Waals surface area contributed by atoms with Gasteiger partial charge < -0.3 is 16.4 Å². The molecule has 4 N–H and O–H groups in total. The minimum absolute atomic E-state index is 0.124. The Kier molecular flexibility index (Phi) is 5.87. The van der Waals surface area contributed by atoms with Crippen molar-refractivity contribution in [1.82, 2.24) is 5.32 Å². The van der Waals surface area contributed by atoms with Crippen LogP contribution in [0.3, 0.4) is 0 Å². The molecule has 0 spiro atoms. The van der Waals surface area contributed by atoms with Crippen molar-refractivity contribution in [1.29, 1.82) is 0 Å². The van der Waals surface area contributed by atoms with E-state index in [4.69, 9.17) is 5.73 Å².